The lowest BCUT2D eigenvalue weighted by Crippen LogP contribution is -2.35. The third-order valence-electron chi connectivity index (χ3n) is 7.00. The van der Waals surface area contributed by atoms with Gasteiger partial charge in [-0.25, -0.2) is 13.2 Å². The Labute approximate surface area is 249 Å². The zero-order valence-corrected chi connectivity index (χ0v) is 24.6. The van der Waals surface area contributed by atoms with Crippen LogP contribution >= 0.6 is 11.6 Å². The minimum absolute atomic E-state index is 0.00116. The van der Waals surface area contributed by atoms with E-state index >= 15 is 0 Å². The minimum atomic E-state index is -3.92. The normalized spacial score (nSPS) is 13.1. The highest BCUT2D eigenvalue weighted by Gasteiger charge is 2.34. The molecule has 0 atom stereocenters. The Morgan fingerprint density at radius 2 is 1.67 bits per heavy atom. The lowest BCUT2D eigenvalue weighted by atomic mass is 10.1. The summed E-state index contributed by atoms with van der Waals surface area (Å²) in [6, 6.07) is 18.6. The smallest absolute Gasteiger partial charge is 0.374 e. The second-order valence-corrected chi connectivity index (χ2v) is 12.4. The van der Waals surface area contributed by atoms with E-state index in [4.69, 9.17) is 25.2 Å². The third-order valence-corrected chi connectivity index (χ3v) is 9.03. The topological polar surface area (TPSA) is 110 Å². The van der Waals surface area contributed by atoms with Gasteiger partial charge in [-0.1, -0.05) is 35.9 Å². The summed E-state index contributed by atoms with van der Waals surface area (Å²) in [5.41, 5.74) is 2.11. The molecule has 0 saturated heterocycles. The molecule has 0 unspecified atom stereocenters. The number of rotatable bonds is 13. The van der Waals surface area contributed by atoms with Crippen molar-refractivity contribution in [1.29, 1.82) is 0 Å². The van der Waals surface area contributed by atoms with E-state index < -0.39 is 16.0 Å². The Morgan fingerprint density at radius 1 is 0.929 bits per heavy atom. The van der Waals surface area contributed by atoms with Crippen LogP contribution in [0.5, 0.6) is 0 Å². The highest BCUT2D eigenvalue weighted by atomic mass is 35.5. The first-order valence-electron chi connectivity index (χ1n) is 13.6. The van der Waals surface area contributed by atoms with E-state index in [2.05, 4.69) is 0 Å². The first-order valence-corrected chi connectivity index (χ1v) is 15.6. The molecule has 2 heterocycles. The molecular weight excluding hydrogens is 580 g/mol. The Balaban J connectivity index is 1.39. The summed E-state index contributed by atoms with van der Waals surface area (Å²) in [6.07, 6.45) is 4.60. The summed E-state index contributed by atoms with van der Waals surface area (Å²) in [6.45, 7) is 2.22. The molecule has 0 spiro atoms. The number of hydrogen-bond donors (Lipinski definition) is 0. The monoisotopic (exact) mass is 610 g/mol. The fourth-order valence-electron chi connectivity index (χ4n) is 4.76. The van der Waals surface area contributed by atoms with Crippen LogP contribution in [-0.2, 0) is 45.0 Å². The number of anilines is 1. The van der Waals surface area contributed by atoms with Crippen molar-refractivity contribution in [2.75, 3.05) is 10.8 Å². The molecule has 5 rings (SSSR count). The van der Waals surface area contributed by atoms with Gasteiger partial charge in [-0.15, -0.1) is 0 Å². The maximum atomic E-state index is 13.9. The molecule has 9 nitrogen and oxygen atoms in total. The van der Waals surface area contributed by atoms with E-state index in [9.17, 15) is 18.0 Å². The molecule has 1 aliphatic carbocycles. The molecule has 11 heteroatoms. The maximum absolute atomic E-state index is 13.9. The molecule has 0 radical (unpaired) electrons. The lowest BCUT2D eigenvalue weighted by Gasteiger charge is -2.29. The SMILES string of the molecule is CCN(c1ccc(Cl)cc1CN(Cc1ccco1)C(=O)C1CC1)S(=O)(=O)Cc1ccccc1COC(=O)c1ccco1. The largest absolute Gasteiger partial charge is 0.467 e. The molecule has 220 valence electrons. The van der Waals surface area contributed by atoms with Crippen LogP contribution in [0.25, 0.3) is 0 Å². The molecule has 0 N–H and O–H groups in total. The molecule has 2 aromatic heterocycles. The standard InChI is InChI=1S/C31H31ClN2O7S/c1-2-34(42(37,38)21-24-8-4-3-7-23(24)20-41-31(36)29-10-6-16-40-29)28-14-13-26(32)17-25(28)18-33(30(35)22-11-12-22)19-27-9-5-15-39-27/h3-10,13-17,22H,2,11-12,18-21H2,1H3. The van der Waals surface area contributed by atoms with E-state index in [0.717, 1.165) is 12.8 Å². The summed E-state index contributed by atoms with van der Waals surface area (Å²) >= 11 is 6.37. The van der Waals surface area contributed by atoms with Crippen molar-refractivity contribution in [2.24, 2.45) is 5.92 Å². The molecular formula is C31H31ClN2O7S. The van der Waals surface area contributed by atoms with Crippen molar-refractivity contribution < 1.29 is 31.6 Å². The second-order valence-electron chi connectivity index (χ2n) is 10.1. The van der Waals surface area contributed by atoms with Crippen molar-refractivity contribution in [3.63, 3.8) is 0 Å². The average molecular weight is 611 g/mol. The number of halogens is 1. The van der Waals surface area contributed by atoms with Crippen LogP contribution in [0, 0.1) is 5.92 Å². The van der Waals surface area contributed by atoms with Crippen molar-refractivity contribution in [2.45, 2.75) is 45.2 Å². The van der Waals surface area contributed by atoms with E-state index in [0.29, 0.717) is 33.2 Å². The van der Waals surface area contributed by atoms with Gasteiger partial charge in [-0.2, -0.15) is 0 Å². The van der Waals surface area contributed by atoms with E-state index in [-0.39, 0.29) is 49.6 Å². The summed E-state index contributed by atoms with van der Waals surface area (Å²) in [5, 5.41) is 0.433. The number of nitrogens with zero attached hydrogens (tertiary/aromatic N) is 2. The van der Waals surface area contributed by atoms with Gasteiger partial charge in [-0.05, 0) is 78.9 Å². The summed E-state index contributed by atoms with van der Waals surface area (Å²) in [7, 11) is -3.92. The van der Waals surface area contributed by atoms with Crippen LogP contribution in [0.3, 0.4) is 0 Å². The third kappa shape index (κ3) is 7.06. The Kier molecular flexibility index (Phi) is 9.03. The average Bonchev–Trinajstić information content (AvgIpc) is 3.41. The van der Waals surface area contributed by atoms with Gasteiger partial charge in [0.25, 0.3) is 0 Å². The Bertz CT molecular complexity index is 1630. The number of benzene rings is 2. The molecule has 1 aliphatic rings. The first-order chi connectivity index (χ1) is 20.2. The van der Waals surface area contributed by atoms with Gasteiger partial charge in [-0.3, -0.25) is 9.10 Å². The quantitative estimate of drug-likeness (QED) is 0.166. The summed E-state index contributed by atoms with van der Waals surface area (Å²) in [4.78, 5) is 27.2. The number of sulfonamides is 1. The number of carbonyl (C=O) groups excluding carboxylic acids is 2. The molecule has 0 aliphatic heterocycles. The van der Waals surface area contributed by atoms with Crippen LogP contribution in [0.4, 0.5) is 5.69 Å². The zero-order chi connectivity index (χ0) is 29.7. The maximum Gasteiger partial charge on any atom is 0.374 e. The fourth-order valence-corrected chi connectivity index (χ4v) is 6.66. The Morgan fingerprint density at radius 3 is 2.33 bits per heavy atom. The number of hydrogen-bond acceptors (Lipinski definition) is 7. The highest BCUT2D eigenvalue weighted by molar-refractivity contribution is 7.92. The molecule has 42 heavy (non-hydrogen) atoms. The van der Waals surface area contributed by atoms with Gasteiger partial charge in [0.1, 0.15) is 12.4 Å². The molecule has 1 amide bonds. The first kappa shape index (κ1) is 29.5. The van der Waals surface area contributed by atoms with Crippen LogP contribution < -0.4 is 4.31 Å². The number of ether oxygens (including phenoxy) is 1. The van der Waals surface area contributed by atoms with Crippen LogP contribution in [-0.4, -0.2) is 31.7 Å². The highest BCUT2D eigenvalue weighted by Crippen LogP contribution is 2.34. The number of carbonyl (C=O) groups is 2. The molecule has 1 fully saturated rings. The minimum Gasteiger partial charge on any atom is -0.467 e. The van der Waals surface area contributed by atoms with Crippen molar-refractivity contribution >= 4 is 39.2 Å². The van der Waals surface area contributed by atoms with Crippen LogP contribution in [0.1, 0.15) is 52.8 Å². The number of furan rings is 2. The Hall–Kier alpha value is -4.02. The molecule has 0 bridgehead atoms. The van der Waals surface area contributed by atoms with Gasteiger partial charge in [0.05, 0.1) is 30.5 Å². The fraction of sp³-hybridized carbons (Fsp3) is 0.290. The predicted molar refractivity (Wildman–Crippen MR) is 157 cm³/mol. The zero-order valence-electron chi connectivity index (χ0n) is 23.1. The predicted octanol–water partition coefficient (Wildman–Crippen LogP) is 6.18. The molecule has 2 aromatic carbocycles. The van der Waals surface area contributed by atoms with Crippen molar-refractivity contribution in [3.8, 4) is 0 Å². The second kappa shape index (κ2) is 12.9. The lowest BCUT2D eigenvalue weighted by molar-refractivity contribution is -0.134. The van der Waals surface area contributed by atoms with Gasteiger partial charge in [0, 0.05) is 24.0 Å². The molecule has 1 saturated carbocycles. The molecule has 4 aromatic rings. The van der Waals surface area contributed by atoms with Crippen LogP contribution in [0.2, 0.25) is 5.02 Å². The number of amides is 1. The summed E-state index contributed by atoms with van der Waals surface area (Å²) in [5.74, 6) is -0.300. The van der Waals surface area contributed by atoms with E-state index in [1.165, 1.54) is 16.6 Å². The summed E-state index contributed by atoms with van der Waals surface area (Å²) < 4.78 is 45.1. The van der Waals surface area contributed by atoms with E-state index in [1.807, 2.05) is 0 Å². The van der Waals surface area contributed by atoms with E-state index in [1.54, 1.807) is 78.8 Å². The van der Waals surface area contributed by atoms with Gasteiger partial charge < -0.3 is 18.5 Å². The van der Waals surface area contributed by atoms with Gasteiger partial charge >= 0.3 is 5.97 Å². The van der Waals surface area contributed by atoms with Gasteiger partial charge in [0.2, 0.25) is 21.7 Å². The van der Waals surface area contributed by atoms with Crippen molar-refractivity contribution in [3.05, 3.63) is 112 Å². The van der Waals surface area contributed by atoms with Crippen molar-refractivity contribution in [1.82, 2.24) is 4.90 Å². The van der Waals surface area contributed by atoms with Crippen LogP contribution in [0.15, 0.2) is 88.1 Å². The van der Waals surface area contributed by atoms with Gasteiger partial charge in [0.15, 0.2) is 0 Å². The number of esters is 1.